The second-order valence-electron chi connectivity index (χ2n) is 6.05. The van der Waals surface area contributed by atoms with Crippen LogP contribution in [0.1, 0.15) is 17.0 Å². The van der Waals surface area contributed by atoms with Gasteiger partial charge in [0.1, 0.15) is 0 Å². The van der Waals surface area contributed by atoms with Gasteiger partial charge in [-0.25, -0.2) is 0 Å². The fourth-order valence-corrected chi connectivity index (χ4v) is 4.73. The van der Waals surface area contributed by atoms with Crippen molar-refractivity contribution in [1.29, 1.82) is 0 Å². The van der Waals surface area contributed by atoms with Crippen LogP contribution in [0.25, 0.3) is 0 Å². The van der Waals surface area contributed by atoms with Crippen LogP contribution in [0.4, 0.5) is 0 Å². The lowest BCUT2D eigenvalue weighted by Crippen LogP contribution is -2.42. The van der Waals surface area contributed by atoms with Crippen molar-refractivity contribution in [2.45, 2.75) is 12.3 Å². The van der Waals surface area contributed by atoms with Crippen LogP contribution in [-0.4, -0.2) is 42.0 Å². The van der Waals surface area contributed by atoms with Gasteiger partial charge in [0.2, 0.25) is 0 Å². The molecule has 21 heavy (non-hydrogen) atoms. The maximum Gasteiger partial charge on any atom is 0.191 e. The van der Waals surface area contributed by atoms with Crippen LogP contribution >= 0.6 is 35.7 Å². The largest absolute Gasteiger partial charge is 0.370 e. The molecule has 0 spiro atoms. The van der Waals surface area contributed by atoms with E-state index in [1.165, 1.54) is 17.9 Å². The van der Waals surface area contributed by atoms with Crippen molar-refractivity contribution in [2.24, 2.45) is 22.6 Å². The Hall–Kier alpha value is -0.430. The van der Waals surface area contributed by atoms with E-state index in [1.54, 1.807) is 11.1 Å². The molecular formula is C16H22IN3S. The Balaban J connectivity index is 0.00000132. The van der Waals surface area contributed by atoms with E-state index in [0.717, 1.165) is 43.3 Å². The molecule has 2 aliphatic carbocycles. The number of hydrogen-bond donors (Lipinski definition) is 1. The minimum absolute atomic E-state index is 0. The van der Waals surface area contributed by atoms with Crippen molar-refractivity contribution in [2.75, 3.05) is 31.1 Å². The van der Waals surface area contributed by atoms with E-state index in [4.69, 9.17) is 5.73 Å². The molecule has 3 aliphatic rings. The monoisotopic (exact) mass is 415 g/mol. The first-order valence-electron chi connectivity index (χ1n) is 7.55. The number of nitrogens with zero attached hydrogens (tertiary/aromatic N) is 2. The molecule has 1 aromatic rings. The quantitative estimate of drug-likeness (QED) is 0.459. The predicted molar refractivity (Wildman–Crippen MR) is 101 cm³/mol. The number of fused-ring (bicyclic) bond motifs is 3. The van der Waals surface area contributed by atoms with Gasteiger partial charge in [-0.2, -0.15) is 11.8 Å². The van der Waals surface area contributed by atoms with Gasteiger partial charge in [-0.05, 0) is 35.3 Å². The zero-order valence-electron chi connectivity index (χ0n) is 12.1. The Morgan fingerprint density at radius 3 is 2.86 bits per heavy atom. The zero-order valence-corrected chi connectivity index (χ0v) is 15.2. The smallest absolute Gasteiger partial charge is 0.191 e. The number of thioether (sulfide) groups is 1. The van der Waals surface area contributed by atoms with Crippen molar-refractivity contribution in [3.8, 4) is 0 Å². The second-order valence-corrected chi connectivity index (χ2v) is 7.28. The van der Waals surface area contributed by atoms with Crippen LogP contribution in [0.3, 0.4) is 0 Å². The Labute approximate surface area is 147 Å². The summed E-state index contributed by atoms with van der Waals surface area (Å²) in [5, 5.41) is 0. The lowest BCUT2D eigenvalue weighted by molar-refractivity contribution is 0.454. The highest BCUT2D eigenvalue weighted by atomic mass is 127. The first-order chi connectivity index (χ1) is 9.84. The molecule has 2 fully saturated rings. The molecule has 0 radical (unpaired) electrons. The minimum atomic E-state index is 0. The van der Waals surface area contributed by atoms with Crippen molar-refractivity contribution < 1.29 is 0 Å². The number of rotatable bonds is 2. The highest BCUT2D eigenvalue weighted by Gasteiger charge is 2.54. The van der Waals surface area contributed by atoms with Crippen molar-refractivity contribution in [3.05, 3.63) is 35.4 Å². The molecule has 5 heteroatoms. The summed E-state index contributed by atoms with van der Waals surface area (Å²) in [6.07, 6.45) is 1.25. The molecule has 3 nitrogen and oxygen atoms in total. The summed E-state index contributed by atoms with van der Waals surface area (Å²) in [6.45, 7) is 3.03. The number of hydrogen-bond acceptors (Lipinski definition) is 2. The van der Waals surface area contributed by atoms with Crippen LogP contribution in [0.5, 0.6) is 0 Å². The van der Waals surface area contributed by atoms with Crippen molar-refractivity contribution in [1.82, 2.24) is 4.90 Å². The molecule has 1 heterocycles. The summed E-state index contributed by atoms with van der Waals surface area (Å²) in [4.78, 5) is 6.92. The van der Waals surface area contributed by atoms with Crippen LogP contribution in [0.15, 0.2) is 29.3 Å². The van der Waals surface area contributed by atoms with Crippen LogP contribution < -0.4 is 5.73 Å². The third-order valence-corrected chi connectivity index (χ3v) is 5.94. The molecule has 3 atom stereocenters. The predicted octanol–water partition coefficient (Wildman–Crippen LogP) is 2.55. The highest BCUT2D eigenvalue weighted by Crippen LogP contribution is 2.61. The Morgan fingerprint density at radius 2 is 2.05 bits per heavy atom. The minimum Gasteiger partial charge on any atom is -0.370 e. The van der Waals surface area contributed by atoms with Gasteiger partial charge in [-0.15, -0.1) is 24.0 Å². The molecule has 1 aromatic carbocycles. The molecule has 0 bridgehead atoms. The van der Waals surface area contributed by atoms with Crippen LogP contribution in [0, 0.1) is 11.8 Å². The summed E-state index contributed by atoms with van der Waals surface area (Å²) < 4.78 is 0. The van der Waals surface area contributed by atoms with Gasteiger partial charge >= 0.3 is 0 Å². The average molecular weight is 415 g/mol. The lowest BCUT2D eigenvalue weighted by Gasteiger charge is -2.27. The third-order valence-electron chi connectivity index (χ3n) is 5.00. The number of halogens is 1. The molecule has 1 saturated heterocycles. The van der Waals surface area contributed by atoms with E-state index < -0.39 is 0 Å². The van der Waals surface area contributed by atoms with E-state index in [1.807, 2.05) is 11.8 Å². The Bertz CT molecular complexity index is 542. The van der Waals surface area contributed by atoms with E-state index in [2.05, 4.69) is 34.2 Å². The zero-order chi connectivity index (χ0) is 13.5. The van der Waals surface area contributed by atoms with Crippen molar-refractivity contribution >= 4 is 41.7 Å². The molecule has 1 saturated carbocycles. The van der Waals surface area contributed by atoms with Gasteiger partial charge < -0.3 is 10.6 Å². The molecule has 0 aromatic heterocycles. The second kappa shape index (κ2) is 6.36. The van der Waals surface area contributed by atoms with Gasteiger partial charge in [-0.1, -0.05) is 24.3 Å². The number of nitrogens with two attached hydrogens (primary N) is 1. The third kappa shape index (κ3) is 2.91. The normalized spacial score (nSPS) is 30.4. The molecule has 2 N–H and O–H groups in total. The van der Waals surface area contributed by atoms with E-state index in [-0.39, 0.29) is 24.0 Å². The van der Waals surface area contributed by atoms with Gasteiger partial charge in [0, 0.05) is 31.1 Å². The maximum atomic E-state index is 6.14. The Kier molecular flexibility index (Phi) is 4.69. The summed E-state index contributed by atoms with van der Waals surface area (Å²) >= 11 is 2.01. The van der Waals surface area contributed by atoms with Gasteiger partial charge in [0.25, 0.3) is 0 Å². The van der Waals surface area contributed by atoms with E-state index in [9.17, 15) is 0 Å². The summed E-state index contributed by atoms with van der Waals surface area (Å²) in [5.74, 6) is 5.46. The fraction of sp³-hybridized carbons (Fsp3) is 0.562. The van der Waals surface area contributed by atoms with Crippen LogP contribution in [-0.2, 0) is 6.42 Å². The number of guanidine groups is 1. The Morgan fingerprint density at radius 1 is 1.29 bits per heavy atom. The summed E-state index contributed by atoms with van der Waals surface area (Å²) in [7, 11) is 0. The molecule has 114 valence electrons. The molecule has 4 rings (SSSR count). The topological polar surface area (TPSA) is 41.6 Å². The van der Waals surface area contributed by atoms with Crippen LogP contribution in [0.2, 0.25) is 0 Å². The molecule has 0 amide bonds. The first-order valence-corrected chi connectivity index (χ1v) is 8.70. The number of benzene rings is 1. The SMILES string of the molecule is I.NC(=NCC1C2Cc3ccccc3C12)N1CCSCC1. The summed E-state index contributed by atoms with van der Waals surface area (Å²) in [6, 6.07) is 8.90. The van der Waals surface area contributed by atoms with Gasteiger partial charge in [0.05, 0.1) is 0 Å². The average Bonchev–Trinajstić information content (AvgIpc) is 3.04. The first kappa shape index (κ1) is 15.5. The lowest BCUT2D eigenvalue weighted by atomic mass is 10.0. The molecule has 3 unspecified atom stereocenters. The fourth-order valence-electron chi connectivity index (χ4n) is 3.82. The standard InChI is InChI=1S/C16H21N3S.HI/c17-16(19-5-7-20-8-6-19)18-10-14-13-9-11-3-1-2-4-12(11)15(13)14;/h1-4,13-15H,5-10H2,(H2,17,18);1H. The molecular weight excluding hydrogens is 393 g/mol. The van der Waals surface area contributed by atoms with Gasteiger partial charge in [-0.3, -0.25) is 4.99 Å². The van der Waals surface area contributed by atoms with E-state index >= 15 is 0 Å². The van der Waals surface area contributed by atoms with Crippen molar-refractivity contribution in [3.63, 3.8) is 0 Å². The highest BCUT2D eigenvalue weighted by molar-refractivity contribution is 14.0. The van der Waals surface area contributed by atoms with E-state index in [0.29, 0.717) is 0 Å². The summed E-state index contributed by atoms with van der Waals surface area (Å²) in [5.41, 5.74) is 9.27. The van der Waals surface area contributed by atoms with Gasteiger partial charge in [0.15, 0.2) is 5.96 Å². The number of aliphatic imine (C=N–C) groups is 1. The maximum absolute atomic E-state index is 6.14. The molecule has 1 aliphatic heterocycles.